The van der Waals surface area contributed by atoms with E-state index in [9.17, 15) is 8.42 Å². The van der Waals surface area contributed by atoms with Crippen LogP contribution in [0.15, 0.2) is 23.1 Å². The molecule has 1 aliphatic heterocycles. The Balaban J connectivity index is 2.29. The second-order valence-electron chi connectivity index (χ2n) is 4.85. The lowest BCUT2D eigenvalue weighted by Gasteiger charge is -2.24. The summed E-state index contributed by atoms with van der Waals surface area (Å²) in [6.07, 6.45) is 5.18. The molecule has 0 bridgehead atoms. The zero-order chi connectivity index (χ0) is 13.9. The third kappa shape index (κ3) is 3.41. The zero-order valence-electron chi connectivity index (χ0n) is 10.8. The molecular weight excluding hydrogens is 284 g/mol. The van der Waals surface area contributed by atoms with E-state index in [4.69, 9.17) is 17.3 Å². The largest absolute Gasteiger partial charge is 0.398 e. The first-order valence-corrected chi connectivity index (χ1v) is 8.39. The van der Waals surface area contributed by atoms with Gasteiger partial charge in [-0.1, -0.05) is 30.9 Å². The standard InChI is InChI=1S/C13H19ClN2O2S/c14-11-6-7-13(12(15)10-11)19(17,18)16-8-4-2-1-3-5-9-16/h6-7,10H,1-5,8-9,15H2. The van der Waals surface area contributed by atoms with E-state index in [0.717, 1.165) is 25.7 Å². The van der Waals surface area contributed by atoms with Gasteiger partial charge in [0.1, 0.15) is 4.90 Å². The van der Waals surface area contributed by atoms with E-state index in [1.807, 2.05) is 0 Å². The summed E-state index contributed by atoms with van der Waals surface area (Å²) in [7, 11) is -3.50. The molecule has 0 aliphatic carbocycles. The highest BCUT2D eigenvalue weighted by molar-refractivity contribution is 7.89. The summed E-state index contributed by atoms with van der Waals surface area (Å²) in [6.45, 7) is 1.15. The first-order chi connectivity index (χ1) is 9.01. The van der Waals surface area contributed by atoms with Crippen molar-refractivity contribution in [1.82, 2.24) is 4.31 Å². The van der Waals surface area contributed by atoms with Crippen LogP contribution in [-0.2, 0) is 10.0 Å². The third-order valence-corrected chi connectivity index (χ3v) is 5.61. The highest BCUT2D eigenvalue weighted by atomic mass is 35.5. The van der Waals surface area contributed by atoms with Gasteiger partial charge in [-0.15, -0.1) is 0 Å². The van der Waals surface area contributed by atoms with Crippen LogP contribution in [-0.4, -0.2) is 25.8 Å². The number of halogens is 1. The normalized spacial score (nSPS) is 18.8. The van der Waals surface area contributed by atoms with Crippen molar-refractivity contribution in [1.29, 1.82) is 0 Å². The Morgan fingerprint density at radius 3 is 2.21 bits per heavy atom. The molecule has 106 valence electrons. The summed E-state index contributed by atoms with van der Waals surface area (Å²) >= 11 is 5.81. The van der Waals surface area contributed by atoms with Crippen molar-refractivity contribution in [3.63, 3.8) is 0 Å². The maximum absolute atomic E-state index is 12.6. The quantitative estimate of drug-likeness (QED) is 0.854. The van der Waals surface area contributed by atoms with E-state index in [1.165, 1.54) is 18.6 Å². The van der Waals surface area contributed by atoms with Crippen molar-refractivity contribution in [2.75, 3.05) is 18.8 Å². The van der Waals surface area contributed by atoms with Gasteiger partial charge in [-0.2, -0.15) is 4.31 Å². The number of hydrogen-bond acceptors (Lipinski definition) is 3. The molecule has 1 saturated heterocycles. The van der Waals surface area contributed by atoms with Crippen molar-refractivity contribution in [2.24, 2.45) is 0 Å². The molecule has 1 aromatic rings. The molecule has 2 rings (SSSR count). The van der Waals surface area contributed by atoms with Crippen LogP contribution in [0.25, 0.3) is 0 Å². The average Bonchev–Trinajstić information content (AvgIpc) is 2.26. The minimum absolute atomic E-state index is 0.164. The number of benzene rings is 1. The van der Waals surface area contributed by atoms with Crippen LogP contribution in [0.2, 0.25) is 5.02 Å². The lowest BCUT2D eigenvalue weighted by Crippen LogP contribution is -2.34. The van der Waals surface area contributed by atoms with E-state index >= 15 is 0 Å². The van der Waals surface area contributed by atoms with Crippen LogP contribution in [0.3, 0.4) is 0 Å². The Labute approximate surface area is 119 Å². The van der Waals surface area contributed by atoms with Crippen molar-refractivity contribution < 1.29 is 8.42 Å². The molecule has 1 heterocycles. The fourth-order valence-corrected chi connectivity index (χ4v) is 4.15. The molecule has 0 saturated carbocycles. The summed E-state index contributed by atoms with van der Waals surface area (Å²) in [4.78, 5) is 0.164. The molecule has 6 heteroatoms. The van der Waals surface area contributed by atoms with Gasteiger partial charge in [-0.3, -0.25) is 0 Å². The van der Waals surface area contributed by atoms with Crippen LogP contribution in [0.5, 0.6) is 0 Å². The second kappa shape index (κ2) is 6.11. The smallest absolute Gasteiger partial charge is 0.245 e. The summed E-state index contributed by atoms with van der Waals surface area (Å²) < 4.78 is 26.7. The number of nitrogen functional groups attached to an aromatic ring is 1. The second-order valence-corrected chi connectivity index (χ2v) is 7.20. The highest BCUT2D eigenvalue weighted by Gasteiger charge is 2.26. The fraction of sp³-hybridized carbons (Fsp3) is 0.538. The molecule has 2 N–H and O–H groups in total. The molecule has 0 aromatic heterocycles. The molecule has 19 heavy (non-hydrogen) atoms. The van der Waals surface area contributed by atoms with Gasteiger partial charge < -0.3 is 5.73 Å². The molecule has 0 radical (unpaired) electrons. The van der Waals surface area contributed by atoms with Crippen molar-refractivity contribution in [3.05, 3.63) is 23.2 Å². The van der Waals surface area contributed by atoms with Crippen molar-refractivity contribution >= 4 is 27.3 Å². The minimum atomic E-state index is -3.50. The minimum Gasteiger partial charge on any atom is -0.398 e. The Hall–Kier alpha value is -0.780. The van der Waals surface area contributed by atoms with Gasteiger partial charge in [-0.25, -0.2) is 8.42 Å². The molecule has 1 aromatic carbocycles. The predicted octanol–water partition coefficient (Wildman–Crippen LogP) is 2.88. The van der Waals surface area contributed by atoms with Crippen molar-refractivity contribution in [3.8, 4) is 0 Å². The maximum atomic E-state index is 12.6. The summed E-state index contributed by atoms with van der Waals surface area (Å²) in [5, 5.41) is 0.448. The Bertz CT molecular complexity index is 538. The van der Waals surface area contributed by atoms with Crippen LogP contribution in [0.1, 0.15) is 32.1 Å². The number of sulfonamides is 1. The monoisotopic (exact) mass is 302 g/mol. The van der Waals surface area contributed by atoms with Gasteiger partial charge in [0.2, 0.25) is 10.0 Å². The first kappa shape index (κ1) is 14.6. The van der Waals surface area contributed by atoms with Gasteiger partial charge in [0.25, 0.3) is 0 Å². The number of nitrogens with two attached hydrogens (primary N) is 1. The topological polar surface area (TPSA) is 63.4 Å². The first-order valence-electron chi connectivity index (χ1n) is 6.57. The highest BCUT2D eigenvalue weighted by Crippen LogP contribution is 2.26. The number of hydrogen-bond donors (Lipinski definition) is 1. The Kier molecular flexibility index (Phi) is 4.71. The Morgan fingerprint density at radius 1 is 1.05 bits per heavy atom. The van der Waals surface area contributed by atoms with E-state index in [1.54, 1.807) is 10.4 Å². The van der Waals surface area contributed by atoms with Crippen LogP contribution in [0, 0.1) is 0 Å². The van der Waals surface area contributed by atoms with Gasteiger partial charge in [0, 0.05) is 18.1 Å². The van der Waals surface area contributed by atoms with Crippen molar-refractivity contribution in [2.45, 2.75) is 37.0 Å². The lowest BCUT2D eigenvalue weighted by molar-refractivity contribution is 0.364. The van der Waals surface area contributed by atoms with Crippen LogP contribution >= 0.6 is 11.6 Å². The summed E-state index contributed by atoms with van der Waals surface area (Å²) in [6, 6.07) is 4.54. The predicted molar refractivity (Wildman–Crippen MR) is 77.7 cm³/mol. The third-order valence-electron chi connectivity index (χ3n) is 3.40. The van der Waals surface area contributed by atoms with E-state index in [2.05, 4.69) is 0 Å². The number of anilines is 1. The number of rotatable bonds is 2. The lowest BCUT2D eigenvalue weighted by atomic mass is 10.1. The summed E-state index contributed by atoms with van der Waals surface area (Å²) in [5.41, 5.74) is 6.01. The summed E-state index contributed by atoms with van der Waals surface area (Å²) in [5.74, 6) is 0. The van der Waals surface area contributed by atoms with Gasteiger partial charge in [0.05, 0.1) is 5.69 Å². The molecule has 1 fully saturated rings. The molecule has 0 unspecified atom stereocenters. The van der Waals surface area contributed by atoms with Gasteiger partial charge >= 0.3 is 0 Å². The Morgan fingerprint density at radius 2 is 1.63 bits per heavy atom. The molecule has 0 spiro atoms. The van der Waals surface area contributed by atoms with Gasteiger partial charge in [-0.05, 0) is 31.0 Å². The van der Waals surface area contributed by atoms with Crippen LogP contribution in [0.4, 0.5) is 5.69 Å². The van der Waals surface area contributed by atoms with Crippen LogP contribution < -0.4 is 5.73 Å². The molecule has 4 nitrogen and oxygen atoms in total. The van der Waals surface area contributed by atoms with E-state index < -0.39 is 10.0 Å². The van der Waals surface area contributed by atoms with Gasteiger partial charge in [0.15, 0.2) is 0 Å². The SMILES string of the molecule is Nc1cc(Cl)ccc1S(=O)(=O)N1CCCCCCC1. The molecular formula is C13H19ClN2O2S. The number of nitrogens with zero attached hydrogens (tertiary/aromatic N) is 1. The molecule has 0 amide bonds. The van der Waals surface area contributed by atoms with E-state index in [0.29, 0.717) is 18.1 Å². The molecule has 1 aliphatic rings. The average molecular weight is 303 g/mol. The zero-order valence-corrected chi connectivity index (χ0v) is 12.4. The molecule has 0 atom stereocenters. The maximum Gasteiger partial charge on any atom is 0.245 e. The fourth-order valence-electron chi connectivity index (χ4n) is 2.35. The van der Waals surface area contributed by atoms with E-state index in [-0.39, 0.29) is 10.6 Å².